The lowest BCUT2D eigenvalue weighted by molar-refractivity contribution is -0.125. The van der Waals surface area contributed by atoms with Gasteiger partial charge in [-0.1, -0.05) is 23.7 Å². The fourth-order valence-electron chi connectivity index (χ4n) is 2.48. The van der Waals surface area contributed by atoms with Crippen molar-refractivity contribution < 1.29 is 19.1 Å². The maximum atomic E-state index is 12.1. The lowest BCUT2D eigenvalue weighted by atomic mass is 10.1. The van der Waals surface area contributed by atoms with Crippen molar-refractivity contribution in [1.82, 2.24) is 10.9 Å². The molecule has 1 fully saturated rings. The van der Waals surface area contributed by atoms with E-state index >= 15 is 0 Å². The molecule has 26 heavy (non-hydrogen) atoms. The van der Waals surface area contributed by atoms with Crippen molar-refractivity contribution in [1.29, 1.82) is 0 Å². The van der Waals surface area contributed by atoms with E-state index in [-0.39, 0.29) is 17.7 Å². The van der Waals surface area contributed by atoms with Gasteiger partial charge in [0.15, 0.2) is 0 Å². The Labute approximate surface area is 156 Å². The molecule has 2 N–H and O–H groups in total. The largest absolute Gasteiger partial charge is 0.489 e. The minimum absolute atomic E-state index is 0.206. The molecule has 0 aliphatic carbocycles. The zero-order valence-corrected chi connectivity index (χ0v) is 14.8. The molecule has 0 radical (unpaired) electrons. The van der Waals surface area contributed by atoms with Gasteiger partial charge in [-0.05, 0) is 48.4 Å². The smallest absolute Gasteiger partial charge is 0.269 e. The fourth-order valence-corrected chi connectivity index (χ4v) is 2.61. The summed E-state index contributed by atoms with van der Waals surface area (Å²) in [5.74, 6) is -0.0937. The van der Waals surface area contributed by atoms with Gasteiger partial charge in [-0.15, -0.1) is 0 Å². The summed E-state index contributed by atoms with van der Waals surface area (Å²) in [6, 6.07) is 14.1. The first-order valence-corrected chi connectivity index (χ1v) is 8.65. The summed E-state index contributed by atoms with van der Waals surface area (Å²) >= 11 is 5.83. The van der Waals surface area contributed by atoms with Crippen LogP contribution in [0, 0.1) is 5.92 Å². The monoisotopic (exact) mass is 374 g/mol. The van der Waals surface area contributed by atoms with Gasteiger partial charge in [-0.2, -0.15) is 0 Å². The highest BCUT2D eigenvalue weighted by atomic mass is 35.5. The third-order valence-electron chi connectivity index (χ3n) is 4.03. The zero-order valence-electron chi connectivity index (χ0n) is 14.0. The summed E-state index contributed by atoms with van der Waals surface area (Å²) in [7, 11) is 0. The van der Waals surface area contributed by atoms with Crippen molar-refractivity contribution in [3.05, 3.63) is 64.7 Å². The Kier molecular flexibility index (Phi) is 6.09. The summed E-state index contributed by atoms with van der Waals surface area (Å²) in [4.78, 5) is 23.9. The maximum Gasteiger partial charge on any atom is 0.269 e. The van der Waals surface area contributed by atoms with E-state index < -0.39 is 0 Å². The number of hydrazine groups is 1. The number of halogens is 1. The molecule has 0 bridgehead atoms. The topological polar surface area (TPSA) is 76.7 Å². The molecule has 6 nitrogen and oxygen atoms in total. The standard InChI is InChI=1S/C19H19ClN2O4/c20-16-5-7-17(8-6-16)26-11-13-1-3-14(4-2-13)18(23)21-22-19(24)15-9-10-25-12-15/h1-8,15H,9-12H2,(H,21,23)(H,22,24). The number of rotatable bonds is 5. The molecule has 0 aromatic heterocycles. The normalized spacial score (nSPS) is 16.1. The molecule has 2 aromatic carbocycles. The van der Waals surface area contributed by atoms with Crippen LogP contribution in [0.25, 0.3) is 0 Å². The van der Waals surface area contributed by atoms with Gasteiger partial charge in [-0.25, -0.2) is 0 Å². The first kappa shape index (κ1) is 18.2. The average molecular weight is 375 g/mol. The van der Waals surface area contributed by atoms with Crippen molar-refractivity contribution in [3.63, 3.8) is 0 Å². The van der Waals surface area contributed by atoms with Gasteiger partial charge in [0.2, 0.25) is 5.91 Å². The second-order valence-corrected chi connectivity index (χ2v) is 6.38. The van der Waals surface area contributed by atoms with Crippen LogP contribution in [0.4, 0.5) is 0 Å². The first-order chi connectivity index (χ1) is 12.6. The Morgan fingerprint density at radius 3 is 2.46 bits per heavy atom. The number of ether oxygens (including phenoxy) is 2. The molecule has 0 saturated carbocycles. The Morgan fingerprint density at radius 2 is 1.81 bits per heavy atom. The van der Waals surface area contributed by atoms with Crippen LogP contribution < -0.4 is 15.6 Å². The van der Waals surface area contributed by atoms with E-state index in [2.05, 4.69) is 10.9 Å². The lowest BCUT2D eigenvalue weighted by Crippen LogP contribution is -2.44. The molecule has 1 atom stereocenters. The van der Waals surface area contributed by atoms with Gasteiger partial charge in [0, 0.05) is 17.2 Å². The molecule has 1 aliphatic rings. The SMILES string of the molecule is O=C(NNC(=O)C1CCOC1)c1ccc(COc2ccc(Cl)cc2)cc1. The van der Waals surface area contributed by atoms with E-state index in [1.165, 1.54) is 0 Å². The van der Waals surface area contributed by atoms with Crippen LogP contribution in [0.15, 0.2) is 48.5 Å². The second-order valence-electron chi connectivity index (χ2n) is 5.94. The van der Waals surface area contributed by atoms with E-state index in [0.717, 1.165) is 11.3 Å². The van der Waals surface area contributed by atoms with Crippen LogP contribution in [-0.4, -0.2) is 25.0 Å². The average Bonchev–Trinajstić information content (AvgIpc) is 3.21. The van der Waals surface area contributed by atoms with Crippen LogP contribution in [0.3, 0.4) is 0 Å². The van der Waals surface area contributed by atoms with Crippen molar-refractivity contribution in [2.45, 2.75) is 13.0 Å². The zero-order chi connectivity index (χ0) is 18.4. The summed E-state index contributed by atoms with van der Waals surface area (Å²) in [6.45, 7) is 1.34. The quantitative estimate of drug-likeness (QED) is 0.789. The van der Waals surface area contributed by atoms with Crippen LogP contribution >= 0.6 is 11.6 Å². The summed E-state index contributed by atoms with van der Waals surface area (Å²) in [6.07, 6.45) is 0.671. The molecular weight excluding hydrogens is 356 g/mol. The molecular formula is C19H19ClN2O4. The Hall–Kier alpha value is -2.57. The number of carbonyl (C=O) groups is 2. The van der Waals surface area contributed by atoms with Gasteiger partial charge >= 0.3 is 0 Å². The van der Waals surface area contributed by atoms with Crippen molar-refractivity contribution in [2.75, 3.05) is 13.2 Å². The van der Waals surface area contributed by atoms with Crippen LogP contribution in [0.2, 0.25) is 5.02 Å². The molecule has 3 rings (SSSR count). The number of nitrogens with one attached hydrogen (secondary N) is 2. The predicted octanol–water partition coefficient (Wildman–Crippen LogP) is 2.72. The fraction of sp³-hybridized carbons (Fsp3) is 0.263. The summed E-state index contributed by atoms with van der Waals surface area (Å²) in [5, 5.41) is 0.653. The third-order valence-corrected chi connectivity index (χ3v) is 4.29. The number of hydrogen-bond donors (Lipinski definition) is 2. The van der Waals surface area contributed by atoms with E-state index in [0.29, 0.717) is 36.8 Å². The highest BCUT2D eigenvalue weighted by Gasteiger charge is 2.23. The van der Waals surface area contributed by atoms with E-state index in [4.69, 9.17) is 21.1 Å². The molecule has 1 heterocycles. The third kappa shape index (κ3) is 4.97. The first-order valence-electron chi connectivity index (χ1n) is 8.27. The summed E-state index contributed by atoms with van der Waals surface area (Å²) < 4.78 is 10.8. The number of benzene rings is 2. The summed E-state index contributed by atoms with van der Waals surface area (Å²) in [5.41, 5.74) is 6.22. The highest BCUT2D eigenvalue weighted by molar-refractivity contribution is 6.30. The van der Waals surface area contributed by atoms with E-state index in [9.17, 15) is 9.59 Å². The van der Waals surface area contributed by atoms with Crippen LogP contribution in [-0.2, 0) is 16.1 Å². The van der Waals surface area contributed by atoms with Crippen LogP contribution in [0.1, 0.15) is 22.3 Å². The molecule has 0 spiro atoms. The van der Waals surface area contributed by atoms with Crippen molar-refractivity contribution in [2.24, 2.45) is 5.92 Å². The molecule has 7 heteroatoms. The van der Waals surface area contributed by atoms with Gasteiger partial charge in [0.1, 0.15) is 12.4 Å². The van der Waals surface area contributed by atoms with Crippen molar-refractivity contribution in [3.8, 4) is 5.75 Å². The van der Waals surface area contributed by atoms with Gasteiger partial charge in [0.05, 0.1) is 12.5 Å². The minimum atomic E-state index is -0.373. The van der Waals surface area contributed by atoms with Crippen molar-refractivity contribution >= 4 is 23.4 Å². The maximum absolute atomic E-state index is 12.1. The lowest BCUT2D eigenvalue weighted by Gasteiger charge is -2.11. The Balaban J connectivity index is 1.47. The molecule has 2 aromatic rings. The predicted molar refractivity (Wildman–Crippen MR) is 96.8 cm³/mol. The van der Waals surface area contributed by atoms with E-state index in [1.807, 2.05) is 0 Å². The minimum Gasteiger partial charge on any atom is -0.489 e. The molecule has 136 valence electrons. The molecule has 1 aliphatic heterocycles. The molecule has 1 unspecified atom stereocenters. The number of carbonyl (C=O) groups excluding carboxylic acids is 2. The van der Waals surface area contributed by atoms with Gasteiger partial charge in [0.25, 0.3) is 5.91 Å². The number of hydrogen-bond acceptors (Lipinski definition) is 4. The number of amides is 2. The molecule has 1 saturated heterocycles. The Bertz CT molecular complexity index is 756. The second kappa shape index (κ2) is 8.69. The van der Waals surface area contributed by atoms with E-state index in [1.54, 1.807) is 48.5 Å². The molecule has 2 amide bonds. The highest BCUT2D eigenvalue weighted by Crippen LogP contribution is 2.17. The van der Waals surface area contributed by atoms with Crippen LogP contribution in [0.5, 0.6) is 5.75 Å². The van der Waals surface area contributed by atoms with Gasteiger partial charge < -0.3 is 9.47 Å². The van der Waals surface area contributed by atoms with Gasteiger partial charge in [-0.3, -0.25) is 20.4 Å². The Morgan fingerprint density at radius 1 is 1.08 bits per heavy atom.